The van der Waals surface area contributed by atoms with E-state index >= 15 is 0 Å². The molecule has 0 spiro atoms. The zero-order valence-electron chi connectivity index (χ0n) is 9.43. The maximum absolute atomic E-state index is 11.5. The Morgan fingerprint density at radius 1 is 1.23 bits per heavy atom. The highest BCUT2D eigenvalue weighted by molar-refractivity contribution is 5.80. The molecule has 0 bridgehead atoms. The van der Waals surface area contributed by atoms with Gasteiger partial charge in [-0.15, -0.1) is 0 Å². The quantitative estimate of drug-likeness (QED) is 0.633. The highest BCUT2D eigenvalue weighted by atomic mass is 16.6. The summed E-state index contributed by atoms with van der Waals surface area (Å²) in [6, 6.07) is 0. The minimum atomic E-state index is -0.865. The van der Waals surface area contributed by atoms with Crippen LogP contribution in [0.25, 0.3) is 0 Å². The van der Waals surface area contributed by atoms with Gasteiger partial charge in [-0.1, -0.05) is 20.8 Å². The summed E-state index contributed by atoms with van der Waals surface area (Å²) in [7, 11) is 2.92. The molecule has 0 aliphatic rings. The first-order valence-corrected chi connectivity index (χ1v) is 4.49. The lowest BCUT2D eigenvalue weighted by atomic mass is 9.74. The number of hydrogen-bond acceptors (Lipinski definition) is 3. The van der Waals surface area contributed by atoms with E-state index in [9.17, 15) is 4.79 Å². The van der Waals surface area contributed by atoms with Gasteiger partial charge in [0.15, 0.2) is 5.60 Å². The van der Waals surface area contributed by atoms with Gasteiger partial charge in [0.05, 0.1) is 7.11 Å². The van der Waals surface area contributed by atoms with Gasteiger partial charge in [-0.25, -0.2) is 4.79 Å². The van der Waals surface area contributed by atoms with Gasteiger partial charge in [-0.3, -0.25) is 0 Å². The molecule has 3 heteroatoms. The van der Waals surface area contributed by atoms with E-state index in [-0.39, 0.29) is 11.4 Å². The third kappa shape index (κ3) is 2.02. The Bertz CT molecular complexity index is 187. The van der Waals surface area contributed by atoms with Gasteiger partial charge < -0.3 is 9.47 Å². The molecule has 0 saturated heterocycles. The van der Waals surface area contributed by atoms with Crippen LogP contribution in [0.1, 0.15) is 34.1 Å². The molecular weight excluding hydrogens is 168 g/mol. The average molecular weight is 188 g/mol. The average Bonchev–Trinajstić information content (AvgIpc) is 2.14. The van der Waals surface area contributed by atoms with Crippen molar-refractivity contribution in [2.75, 3.05) is 14.2 Å². The Balaban J connectivity index is 4.93. The molecule has 0 rings (SSSR count). The first-order valence-electron chi connectivity index (χ1n) is 4.49. The van der Waals surface area contributed by atoms with Gasteiger partial charge in [0.1, 0.15) is 0 Å². The number of ether oxygens (including phenoxy) is 2. The van der Waals surface area contributed by atoms with Crippen molar-refractivity contribution in [1.82, 2.24) is 0 Å². The van der Waals surface area contributed by atoms with E-state index in [0.29, 0.717) is 0 Å². The van der Waals surface area contributed by atoms with E-state index in [1.54, 1.807) is 6.92 Å². The highest BCUT2D eigenvalue weighted by Crippen LogP contribution is 2.37. The summed E-state index contributed by atoms with van der Waals surface area (Å²) in [4.78, 5) is 11.5. The SMILES string of the molecule is CCC(C)(C)C(C)(OC)C(=O)OC. The van der Waals surface area contributed by atoms with Crippen LogP contribution in [0.3, 0.4) is 0 Å². The molecule has 0 aromatic heterocycles. The number of carbonyl (C=O) groups is 1. The fourth-order valence-corrected chi connectivity index (χ4v) is 1.17. The standard InChI is InChI=1S/C10H20O3/c1-7-9(2,3)10(4,13-6)8(11)12-5/h7H2,1-6H3. The summed E-state index contributed by atoms with van der Waals surface area (Å²) in [5.74, 6) is -0.318. The Labute approximate surface area is 80.4 Å². The van der Waals surface area contributed by atoms with E-state index in [1.807, 2.05) is 20.8 Å². The Morgan fingerprint density at radius 2 is 1.69 bits per heavy atom. The molecule has 1 unspecified atom stereocenters. The van der Waals surface area contributed by atoms with Crippen LogP contribution in [-0.2, 0) is 14.3 Å². The zero-order chi connectivity index (χ0) is 10.7. The van der Waals surface area contributed by atoms with Crippen LogP contribution in [0, 0.1) is 5.41 Å². The van der Waals surface area contributed by atoms with E-state index in [1.165, 1.54) is 14.2 Å². The van der Waals surface area contributed by atoms with Crippen molar-refractivity contribution >= 4 is 5.97 Å². The number of methoxy groups -OCH3 is 2. The van der Waals surface area contributed by atoms with Crippen molar-refractivity contribution in [2.45, 2.75) is 39.7 Å². The minimum Gasteiger partial charge on any atom is -0.467 e. The lowest BCUT2D eigenvalue weighted by Crippen LogP contribution is -2.50. The van der Waals surface area contributed by atoms with Crippen molar-refractivity contribution in [2.24, 2.45) is 5.41 Å². The third-order valence-corrected chi connectivity index (χ3v) is 3.16. The van der Waals surface area contributed by atoms with Crippen molar-refractivity contribution in [1.29, 1.82) is 0 Å². The molecule has 3 nitrogen and oxygen atoms in total. The molecule has 78 valence electrons. The summed E-state index contributed by atoms with van der Waals surface area (Å²) in [5.41, 5.74) is -1.09. The minimum absolute atomic E-state index is 0.227. The molecule has 0 N–H and O–H groups in total. The predicted octanol–water partition coefficient (Wildman–Crippen LogP) is 2.00. The molecule has 0 aliphatic carbocycles. The van der Waals surface area contributed by atoms with Gasteiger partial charge in [0.25, 0.3) is 0 Å². The van der Waals surface area contributed by atoms with Crippen LogP contribution in [0.5, 0.6) is 0 Å². The molecule has 0 saturated carbocycles. The Hall–Kier alpha value is -0.570. The van der Waals surface area contributed by atoms with Crippen molar-refractivity contribution in [3.63, 3.8) is 0 Å². The van der Waals surface area contributed by atoms with Crippen molar-refractivity contribution < 1.29 is 14.3 Å². The Morgan fingerprint density at radius 3 is 1.92 bits per heavy atom. The second kappa shape index (κ2) is 4.09. The van der Waals surface area contributed by atoms with Crippen LogP contribution in [0.4, 0.5) is 0 Å². The number of carbonyl (C=O) groups excluding carboxylic acids is 1. The second-order valence-electron chi connectivity index (χ2n) is 3.97. The fraction of sp³-hybridized carbons (Fsp3) is 0.900. The molecule has 0 aromatic carbocycles. The molecule has 0 radical (unpaired) electrons. The molecule has 0 heterocycles. The summed E-state index contributed by atoms with van der Waals surface area (Å²) in [5, 5.41) is 0. The summed E-state index contributed by atoms with van der Waals surface area (Å²) in [6.07, 6.45) is 0.854. The van der Waals surface area contributed by atoms with E-state index in [0.717, 1.165) is 6.42 Å². The van der Waals surface area contributed by atoms with Crippen molar-refractivity contribution in [3.8, 4) is 0 Å². The zero-order valence-corrected chi connectivity index (χ0v) is 9.43. The van der Waals surface area contributed by atoms with Gasteiger partial charge >= 0.3 is 5.97 Å². The highest BCUT2D eigenvalue weighted by Gasteiger charge is 2.47. The van der Waals surface area contributed by atoms with Crippen LogP contribution >= 0.6 is 0 Å². The number of esters is 1. The van der Waals surface area contributed by atoms with Gasteiger partial charge in [0.2, 0.25) is 0 Å². The van der Waals surface area contributed by atoms with Gasteiger partial charge in [0, 0.05) is 12.5 Å². The summed E-state index contributed by atoms with van der Waals surface area (Å²) >= 11 is 0. The molecule has 1 atom stereocenters. The predicted molar refractivity (Wildman–Crippen MR) is 51.5 cm³/mol. The lowest BCUT2D eigenvalue weighted by molar-refractivity contribution is -0.179. The largest absolute Gasteiger partial charge is 0.467 e. The maximum atomic E-state index is 11.5. The van der Waals surface area contributed by atoms with Crippen LogP contribution in [-0.4, -0.2) is 25.8 Å². The summed E-state index contributed by atoms with van der Waals surface area (Å²) in [6.45, 7) is 7.78. The van der Waals surface area contributed by atoms with Crippen molar-refractivity contribution in [3.05, 3.63) is 0 Å². The lowest BCUT2D eigenvalue weighted by Gasteiger charge is -2.39. The number of hydrogen-bond donors (Lipinski definition) is 0. The van der Waals surface area contributed by atoms with Crippen LogP contribution in [0.15, 0.2) is 0 Å². The number of rotatable bonds is 4. The van der Waals surface area contributed by atoms with Crippen LogP contribution < -0.4 is 0 Å². The molecule has 0 amide bonds. The van der Waals surface area contributed by atoms with Gasteiger partial charge in [-0.05, 0) is 13.3 Å². The van der Waals surface area contributed by atoms with Crippen LogP contribution in [0.2, 0.25) is 0 Å². The molecule has 13 heavy (non-hydrogen) atoms. The molecular formula is C10H20O3. The van der Waals surface area contributed by atoms with E-state index < -0.39 is 5.60 Å². The monoisotopic (exact) mass is 188 g/mol. The second-order valence-corrected chi connectivity index (χ2v) is 3.97. The fourth-order valence-electron chi connectivity index (χ4n) is 1.17. The first-order chi connectivity index (χ1) is 5.85. The van der Waals surface area contributed by atoms with E-state index in [2.05, 4.69) is 0 Å². The topological polar surface area (TPSA) is 35.5 Å². The van der Waals surface area contributed by atoms with Gasteiger partial charge in [-0.2, -0.15) is 0 Å². The maximum Gasteiger partial charge on any atom is 0.338 e. The third-order valence-electron chi connectivity index (χ3n) is 3.16. The molecule has 0 fully saturated rings. The van der Waals surface area contributed by atoms with E-state index in [4.69, 9.17) is 9.47 Å². The normalized spacial score (nSPS) is 16.5. The summed E-state index contributed by atoms with van der Waals surface area (Å²) < 4.78 is 10.0. The Kier molecular flexibility index (Phi) is 3.91. The smallest absolute Gasteiger partial charge is 0.338 e. The molecule has 0 aromatic rings. The molecule has 0 aliphatic heterocycles. The first kappa shape index (κ1) is 12.4.